The number of ether oxygens (including phenoxy) is 1. The minimum atomic E-state index is 0.676. The second-order valence-electron chi connectivity index (χ2n) is 4.18. The molecule has 0 saturated carbocycles. The van der Waals surface area contributed by atoms with Gasteiger partial charge < -0.3 is 9.72 Å². The van der Waals surface area contributed by atoms with Crippen LogP contribution in [0.2, 0.25) is 0 Å². The predicted molar refractivity (Wildman–Crippen MR) is 61.1 cm³/mol. The van der Waals surface area contributed by atoms with Crippen LogP contribution < -0.4 is 0 Å². The highest BCUT2D eigenvalue weighted by molar-refractivity contribution is 5.83. The summed E-state index contributed by atoms with van der Waals surface area (Å²) < 4.78 is 5.40. The van der Waals surface area contributed by atoms with Crippen molar-refractivity contribution in [1.82, 2.24) is 4.98 Å². The fraction of sp³-hybridized carbons (Fsp3) is 0.385. The van der Waals surface area contributed by atoms with Crippen molar-refractivity contribution >= 4 is 10.9 Å². The average Bonchev–Trinajstić information content (AvgIpc) is 2.74. The van der Waals surface area contributed by atoms with Crippen LogP contribution >= 0.6 is 0 Å². The molecule has 1 saturated heterocycles. The lowest BCUT2D eigenvalue weighted by Gasteiger charge is -2.21. The third-order valence-electron chi connectivity index (χ3n) is 3.28. The number of rotatable bonds is 1. The fourth-order valence-electron chi connectivity index (χ4n) is 2.44. The van der Waals surface area contributed by atoms with E-state index in [0.29, 0.717) is 5.92 Å². The van der Waals surface area contributed by atoms with Crippen LogP contribution in [0.4, 0.5) is 0 Å². The molecule has 1 aliphatic rings. The fourth-order valence-corrected chi connectivity index (χ4v) is 2.44. The number of hydrogen-bond donors (Lipinski definition) is 1. The van der Waals surface area contributed by atoms with E-state index < -0.39 is 0 Å². The maximum absolute atomic E-state index is 5.40. The van der Waals surface area contributed by atoms with Crippen molar-refractivity contribution < 1.29 is 4.74 Å². The van der Waals surface area contributed by atoms with Gasteiger partial charge in [-0.05, 0) is 30.4 Å². The Labute approximate surface area is 89.3 Å². The first-order valence-corrected chi connectivity index (χ1v) is 5.59. The van der Waals surface area contributed by atoms with E-state index in [1.807, 2.05) is 0 Å². The van der Waals surface area contributed by atoms with Crippen LogP contribution in [0.15, 0.2) is 30.5 Å². The quantitative estimate of drug-likeness (QED) is 0.753. The summed E-state index contributed by atoms with van der Waals surface area (Å²) in [6, 6.07) is 8.53. The van der Waals surface area contributed by atoms with Crippen LogP contribution in [-0.4, -0.2) is 18.2 Å². The van der Waals surface area contributed by atoms with Crippen molar-refractivity contribution in [2.75, 3.05) is 13.2 Å². The number of nitrogens with one attached hydrogen (secondary N) is 1. The molecule has 15 heavy (non-hydrogen) atoms. The first-order chi connectivity index (χ1) is 7.45. The summed E-state index contributed by atoms with van der Waals surface area (Å²) in [5, 5.41) is 1.38. The molecule has 0 aliphatic carbocycles. The molecule has 0 spiro atoms. The van der Waals surface area contributed by atoms with E-state index in [1.54, 1.807) is 0 Å². The van der Waals surface area contributed by atoms with Crippen molar-refractivity contribution in [3.05, 3.63) is 36.0 Å². The van der Waals surface area contributed by atoms with Crippen molar-refractivity contribution in [3.63, 3.8) is 0 Å². The van der Waals surface area contributed by atoms with E-state index in [1.165, 1.54) is 16.5 Å². The van der Waals surface area contributed by atoms with Gasteiger partial charge in [0, 0.05) is 30.3 Å². The Bertz CT molecular complexity index is 454. The van der Waals surface area contributed by atoms with Crippen LogP contribution in [0, 0.1) is 0 Å². The molecule has 0 atom stereocenters. The highest BCUT2D eigenvalue weighted by Crippen LogP contribution is 2.32. The molecule has 1 fully saturated rings. The van der Waals surface area contributed by atoms with E-state index in [4.69, 9.17) is 4.74 Å². The lowest BCUT2D eigenvalue weighted by molar-refractivity contribution is 0.0856. The normalized spacial score (nSPS) is 18.4. The summed E-state index contributed by atoms with van der Waals surface area (Å²) in [6.07, 6.45) is 4.48. The Morgan fingerprint density at radius 2 is 1.93 bits per heavy atom. The molecule has 2 heteroatoms. The molecule has 0 amide bonds. The molecule has 3 rings (SSSR count). The van der Waals surface area contributed by atoms with Gasteiger partial charge in [-0.15, -0.1) is 0 Å². The molecular weight excluding hydrogens is 186 g/mol. The summed E-state index contributed by atoms with van der Waals surface area (Å²) >= 11 is 0. The molecular formula is C13H15NO. The molecule has 78 valence electrons. The van der Waals surface area contributed by atoms with Gasteiger partial charge in [-0.3, -0.25) is 0 Å². The minimum Gasteiger partial charge on any atom is -0.381 e. The van der Waals surface area contributed by atoms with Crippen molar-refractivity contribution in [2.24, 2.45) is 0 Å². The van der Waals surface area contributed by atoms with E-state index >= 15 is 0 Å². The number of fused-ring (bicyclic) bond motifs is 1. The first kappa shape index (κ1) is 8.98. The van der Waals surface area contributed by atoms with Gasteiger partial charge in [-0.25, -0.2) is 0 Å². The maximum atomic E-state index is 5.40. The Hall–Kier alpha value is -1.28. The third-order valence-corrected chi connectivity index (χ3v) is 3.28. The molecule has 2 aromatic rings. The number of aromatic nitrogens is 1. The van der Waals surface area contributed by atoms with Gasteiger partial charge in [0.1, 0.15) is 0 Å². The molecule has 1 aliphatic heterocycles. The SMILES string of the molecule is c1ccc2c(C3CCOCC3)c[nH]c2c1. The summed E-state index contributed by atoms with van der Waals surface area (Å²) in [5.74, 6) is 0.676. The molecule has 0 bridgehead atoms. The standard InChI is InChI=1S/C13H15NO/c1-2-4-13-11(3-1)12(9-14-13)10-5-7-15-8-6-10/h1-4,9-10,14H,5-8H2. The van der Waals surface area contributed by atoms with Crippen LogP contribution in [0.3, 0.4) is 0 Å². The zero-order chi connectivity index (χ0) is 10.1. The summed E-state index contributed by atoms with van der Waals surface area (Å²) in [7, 11) is 0. The zero-order valence-electron chi connectivity index (χ0n) is 8.70. The van der Waals surface area contributed by atoms with Gasteiger partial charge in [0.05, 0.1) is 0 Å². The second-order valence-corrected chi connectivity index (χ2v) is 4.18. The van der Waals surface area contributed by atoms with Crippen LogP contribution in [-0.2, 0) is 4.74 Å². The van der Waals surface area contributed by atoms with Crippen LogP contribution in [0.1, 0.15) is 24.3 Å². The first-order valence-electron chi connectivity index (χ1n) is 5.59. The molecule has 2 nitrogen and oxygen atoms in total. The second kappa shape index (κ2) is 3.70. The number of H-pyrrole nitrogens is 1. The van der Waals surface area contributed by atoms with Crippen molar-refractivity contribution in [3.8, 4) is 0 Å². The average molecular weight is 201 g/mol. The molecule has 1 aromatic carbocycles. The molecule has 2 heterocycles. The van der Waals surface area contributed by atoms with Gasteiger partial charge >= 0.3 is 0 Å². The van der Waals surface area contributed by atoms with E-state index in [2.05, 4.69) is 35.4 Å². The Morgan fingerprint density at radius 3 is 2.80 bits per heavy atom. The van der Waals surface area contributed by atoms with Crippen LogP contribution in [0.5, 0.6) is 0 Å². The minimum absolute atomic E-state index is 0.676. The van der Waals surface area contributed by atoms with E-state index in [9.17, 15) is 0 Å². The van der Waals surface area contributed by atoms with Gasteiger partial charge in [-0.1, -0.05) is 18.2 Å². The molecule has 1 N–H and O–H groups in total. The summed E-state index contributed by atoms with van der Waals surface area (Å²) in [4.78, 5) is 3.34. The Balaban J connectivity index is 2.02. The van der Waals surface area contributed by atoms with E-state index in [0.717, 1.165) is 26.1 Å². The number of para-hydroxylation sites is 1. The maximum Gasteiger partial charge on any atom is 0.0471 e. The molecule has 1 aromatic heterocycles. The highest BCUT2D eigenvalue weighted by Gasteiger charge is 2.18. The summed E-state index contributed by atoms with van der Waals surface area (Å²) in [6.45, 7) is 1.81. The Kier molecular flexibility index (Phi) is 2.22. The predicted octanol–water partition coefficient (Wildman–Crippen LogP) is 3.06. The Morgan fingerprint density at radius 1 is 1.13 bits per heavy atom. The number of hydrogen-bond acceptors (Lipinski definition) is 1. The number of benzene rings is 1. The van der Waals surface area contributed by atoms with Gasteiger partial charge in [0.2, 0.25) is 0 Å². The summed E-state index contributed by atoms with van der Waals surface area (Å²) in [5.41, 5.74) is 2.72. The van der Waals surface area contributed by atoms with Gasteiger partial charge in [0.15, 0.2) is 0 Å². The van der Waals surface area contributed by atoms with Gasteiger partial charge in [-0.2, -0.15) is 0 Å². The third kappa shape index (κ3) is 1.55. The molecule has 0 radical (unpaired) electrons. The van der Waals surface area contributed by atoms with Crippen LogP contribution in [0.25, 0.3) is 10.9 Å². The molecule has 0 unspecified atom stereocenters. The lowest BCUT2D eigenvalue weighted by Crippen LogP contribution is -2.13. The zero-order valence-corrected chi connectivity index (χ0v) is 8.70. The van der Waals surface area contributed by atoms with Crippen molar-refractivity contribution in [1.29, 1.82) is 0 Å². The van der Waals surface area contributed by atoms with Gasteiger partial charge in [0.25, 0.3) is 0 Å². The van der Waals surface area contributed by atoms with Crippen molar-refractivity contribution in [2.45, 2.75) is 18.8 Å². The lowest BCUT2D eigenvalue weighted by atomic mass is 9.91. The highest BCUT2D eigenvalue weighted by atomic mass is 16.5. The topological polar surface area (TPSA) is 25.0 Å². The van der Waals surface area contributed by atoms with E-state index in [-0.39, 0.29) is 0 Å². The largest absolute Gasteiger partial charge is 0.381 e. The number of aromatic amines is 1. The smallest absolute Gasteiger partial charge is 0.0471 e. The monoisotopic (exact) mass is 201 g/mol.